The van der Waals surface area contributed by atoms with E-state index in [0.717, 1.165) is 31.7 Å². The third-order valence-corrected chi connectivity index (χ3v) is 3.47. The van der Waals surface area contributed by atoms with Crippen LogP contribution in [0.2, 0.25) is 0 Å². The first-order valence-corrected chi connectivity index (χ1v) is 6.30. The molecule has 0 saturated carbocycles. The van der Waals surface area contributed by atoms with Crippen LogP contribution in [-0.4, -0.2) is 31.6 Å². The molecule has 1 heterocycles. The molecule has 0 unspecified atom stereocenters. The summed E-state index contributed by atoms with van der Waals surface area (Å²) in [6.07, 6.45) is 1.93. The molecular weight excluding hydrogens is 228 g/mol. The van der Waals surface area contributed by atoms with E-state index >= 15 is 0 Å². The second-order valence-electron chi connectivity index (χ2n) is 4.99. The van der Waals surface area contributed by atoms with E-state index in [2.05, 4.69) is 17.6 Å². The first-order valence-electron chi connectivity index (χ1n) is 6.30. The second kappa shape index (κ2) is 5.40. The third kappa shape index (κ3) is 3.01. The highest BCUT2D eigenvalue weighted by Gasteiger charge is 2.28. The van der Waals surface area contributed by atoms with Gasteiger partial charge in [-0.1, -0.05) is 0 Å². The summed E-state index contributed by atoms with van der Waals surface area (Å²) in [7, 11) is 1.62. The summed E-state index contributed by atoms with van der Waals surface area (Å²) in [6, 6.07) is 7.19. The monoisotopic (exact) mass is 248 g/mol. The largest absolute Gasteiger partial charge is 0.497 e. The standard InChI is InChI=1S/C14H20N2O2/c1-14(7-9-15-10-8-14)16-13(17)11-3-5-12(18-2)6-4-11/h3-6,15H,7-10H2,1-2H3,(H,16,17). The minimum absolute atomic E-state index is 0.0120. The molecule has 1 amide bonds. The van der Waals surface area contributed by atoms with Crippen molar-refractivity contribution in [2.75, 3.05) is 20.2 Å². The molecule has 0 bridgehead atoms. The van der Waals surface area contributed by atoms with Crippen LogP contribution in [0.15, 0.2) is 24.3 Å². The van der Waals surface area contributed by atoms with Crippen LogP contribution in [0, 0.1) is 0 Å². The molecule has 98 valence electrons. The average Bonchev–Trinajstić information content (AvgIpc) is 2.39. The van der Waals surface area contributed by atoms with Crippen LogP contribution in [0.1, 0.15) is 30.1 Å². The molecule has 4 nitrogen and oxygen atoms in total. The van der Waals surface area contributed by atoms with Crippen molar-refractivity contribution < 1.29 is 9.53 Å². The molecule has 4 heteroatoms. The molecule has 0 aromatic heterocycles. The number of rotatable bonds is 3. The highest BCUT2D eigenvalue weighted by molar-refractivity contribution is 5.94. The van der Waals surface area contributed by atoms with E-state index in [-0.39, 0.29) is 11.4 Å². The lowest BCUT2D eigenvalue weighted by Crippen LogP contribution is -2.52. The Hall–Kier alpha value is -1.55. The van der Waals surface area contributed by atoms with E-state index in [1.54, 1.807) is 31.4 Å². The topological polar surface area (TPSA) is 50.4 Å². The van der Waals surface area contributed by atoms with Crippen molar-refractivity contribution in [2.24, 2.45) is 0 Å². The minimum atomic E-state index is -0.0950. The maximum atomic E-state index is 12.1. The molecule has 0 radical (unpaired) electrons. The van der Waals surface area contributed by atoms with E-state index in [1.807, 2.05) is 0 Å². The Morgan fingerprint density at radius 1 is 1.28 bits per heavy atom. The lowest BCUT2D eigenvalue weighted by molar-refractivity contribution is 0.0887. The maximum Gasteiger partial charge on any atom is 0.251 e. The smallest absolute Gasteiger partial charge is 0.251 e. The van der Waals surface area contributed by atoms with Gasteiger partial charge in [-0.3, -0.25) is 4.79 Å². The van der Waals surface area contributed by atoms with Crippen molar-refractivity contribution in [2.45, 2.75) is 25.3 Å². The van der Waals surface area contributed by atoms with Crippen molar-refractivity contribution in [3.63, 3.8) is 0 Å². The van der Waals surface area contributed by atoms with Gasteiger partial charge in [0, 0.05) is 11.1 Å². The molecule has 1 aliphatic heterocycles. The number of piperidine rings is 1. The van der Waals surface area contributed by atoms with E-state index in [4.69, 9.17) is 4.74 Å². The van der Waals surface area contributed by atoms with Gasteiger partial charge in [-0.05, 0) is 57.1 Å². The Bertz CT molecular complexity index is 408. The molecule has 1 saturated heterocycles. The Morgan fingerprint density at radius 2 is 1.89 bits per heavy atom. The summed E-state index contributed by atoms with van der Waals surface area (Å²) >= 11 is 0. The zero-order valence-corrected chi connectivity index (χ0v) is 11.0. The van der Waals surface area contributed by atoms with E-state index in [0.29, 0.717) is 5.56 Å². The highest BCUT2D eigenvalue weighted by atomic mass is 16.5. The molecule has 1 aromatic rings. The number of benzene rings is 1. The average molecular weight is 248 g/mol. The molecule has 0 aliphatic carbocycles. The number of carbonyl (C=O) groups excluding carboxylic acids is 1. The molecule has 0 atom stereocenters. The zero-order valence-electron chi connectivity index (χ0n) is 11.0. The predicted molar refractivity (Wildman–Crippen MR) is 71.0 cm³/mol. The number of amides is 1. The van der Waals surface area contributed by atoms with Crippen LogP contribution in [0.3, 0.4) is 0 Å². The van der Waals surface area contributed by atoms with E-state index in [9.17, 15) is 4.79 Å². The SMILES string of the molecule is COc1ccc(C(=O)NC2(C)CCNCC2)cc1. The summed E-state index contributed by atoms with van der Waals surface area (Å²) in [5.41, 5.74) is 0.581. The Labute approximate surface area is 108 Å². The van der Waals surface area contributed by atoms with Crippen LogP contribution in [-0.2, 0) is 0 Å². The van der Waals surface area contributed by atoms with Gasteiger partial charge in [-0.2, -0.15) is 0 Å². The van der Waals surface area contributed by atoms with Crippen LogP contribution in [0.25, 0.3) is 0 Å². The number of hydrogen-bond acceptors (Lipinski definition) is 3. The van der Waals surface area contributed by atoms with Crippen molar-refractivity contribution in [1.82, 2.24) is 10.6 Å². The van der Waals surface area contributed by atoms with Gasteiger partial charge in [0.25, 0.3) is 5.91 Å². The fraction of sp³-hybridized carbons (Fsp3) is 0.500. The molecule has 1 aliphatic rings. The van der Waals surface area contributed by atoms with Gasteiger partial charge in [0.15, 0.2) is 0 Å². The van der Waals surface area contributed by atoms with Gasteiger partial charge in [-0.25, -0.2) is 0 Å². The fourth-order valence-corrected chi connectivity index (χ4v) is 2.19. The molecular formula is C14H20N2O2. The Kier molecular flexibility index (Phi) is 3.87. The number of carbonyl (C=O) groups is 1. The number of methoxy groups -OCH3 is 1. The van der Waals surface area contributed by atoms with Gasteiger partial charge in [0.05, 0.1) is 7.11 Å². The quantitative estimate of drug-likeness (QED) is 0.853. The summed E-state index contributed by atoms with van der Waals surface area (Å²) < 4.78 is 5.08. The zero-order chi connectivity index (χ0) is 13.0. The van der Waals surface area contributed by atoms with Crippen molar-refractivity contribution >= 4 is 5.91 Å². The van der Waals surface area contributed by atoms with Crippen molar-refractivity contribution in [1.29, 1.82) is 0 Å². The summed E-state index contributed by atoms with van der Waals surface area (Å²) in [6.45, 7) is 4.02. The van der Waals surface area contributed by atoms with E-state index < -0.39 is 0 Å². The third-order valence-electron chi connectivity index (χ3n) is 3.47. The molecule has 18 heavy (non-hydrogen) atoms. The second-order valence-corrected chi connectivity index (χ2v) is 4.99. The van der Waals surface area contributed by atoms with Gasteiger partial charge in [0.2, 0.25) is 0 Å². The molecule has 1 aromatic carbocycles. The van der Waals surface area contributed by atoms with Gasteiger partial charge < -0.3 is 15.4 Å². The summed E-state index contributed by atoms with van der Waals surface area (Å²) in [4.78, 5) is 12.1. The summed E-state index contributed by atoms with van der Waals surface area (Å²) in [5.74, 6) is 0.752. The van der Waals surface area contributed by atoms with Gasteiger partial charge in [-0.15, -0.1) is 0 Å². The highest BCUT2D eigenvalue weighted by Crippen LogP contribution is 2.18. The Balaban J connectivity index is 2.02. The maximum absolute atomic E-state index is 12.1. The van der Waals surface area contributed by atoms with Crippen LogP contribution >= 0.6 is 0 Å². The normalized spacial score (nSPS) is 18.1. The summed E-state index contributed by atoms with van der Waals surface area (Å²) in [5, 5.41) is 6.43. The van der Waals surface area contributed by atoms with Crippen molar-refractivity contribution in [3.8, 4) is 5.75 Å². The molecule has 2 N–H and O–H groups in total. The van der Waals surface area contributed by atoms with Crippen molar-refractivity contribution in [3.05, 3.63) is 29.8 Å². The number of nitrogens with one attached hydrogen (secondary N) is 2. The first-order chi connectivity index (χ1) is 8.63. The Morgan fingerprint density at radius 3 is 2.44 bits per heavy atom. The lowest BCUT2D eigenvalue weighted by atomic mass is 9.90. The van der Waals surface area contributed by atoms with Crippen LogP contribution in [0.5, 0.6) is 5.75 Å². The number of ether oxygens (including phenoxy) is 1. The number of hydrogen-bond donors (Lipinski definition) is 2. The lowest BCUT2D eigenvalue weighted by Gasteiger charge is -2.35. The molecule has 0 spiro atoms. The van der Waals surface area contributed by atoms with Crippen LogP contribution in [0.4, 0.5) is 0 Å². The first kappa shape index (κ1) is 12.9. The molecule has 1 fully saturated rings. The predicted octanol–water partition coefficient (Wildman–Crippen LogP) is 1.57. The fourth-order valence-electron chi connectivity index (χ4n) is 2.19. The van der Waals surface area contributed by atoms with E-state index in [1.165, 1.54) is 0 Å². The van der Waals surface area contributed by atoms with Crippen LogP contribution < -0.4 is 15.4 Å². The van der Waals surface area contributed by atoms with Gasteiger partial charge in [0.1, 0.15) is 5.75 Å². The molecule has 2 rings (SSSR count). The van der Waals surface area contributed by atoms with Gasteiger partial charge >= 0.3 is 0 Å². The minimum Gasteiger partial charge on any atom is -0.497 e.